The van der Waals surface area contributed by atoms with E-state index in [1.807, 2.05) is 0 Å². The van der Waals surface area contributed by atoms with E-state index >= 15 is 0 Å². The molecule has 0 saturated carbocycles. The second-order valence-electron chi connectivity index (χ2n) is 7.34. The second-order valence-corrected chi connectivity index (χ2v) is 7.34. The molecule has 0 aromatic carbocycles. The van der Waals surface area contributed by atoms with E-state index in [4.69, 9.17) is 14.5 Å². The van der Waals surface area contributed by atoms with Crippen LogP contribution in [-0.4, -0.2) is 100 Å². The summed E-state index contributed by atoms with van der Waals surface area (Å²) in [4.78, 5) is 9.77. The molecule has 2 fully saturated rings. The Morgan fingerprint density at radius 2 is 1.64 bits per heavy atom. The molecular weight excluding hydrogens is 318 g/mol. The van der Waals surface area contributed by atoms with Crippen LogP contribution in [0, 0.1) is 0 Å². The van der Waals surface area contributed by atoms with Gasteiger partial charge in [0.1, 0.15) is 0 Å². The molecular formula is C18H37N5O2. The van der Waals surface area contributed by atoms with Crippen LogP contribution in [0.1, 0.15) is 27.2 Å². The molecule has 2 aliphatic heterocycles. The Morgan fingerprint density at radius 3 is 2.28 bits per heavy atom. The Morgan fingerprint density at radius 1 is 1.00 bits per heavy atom. The van der Waals surface area contributed by atoms with E-state index in [1.54, 1.807) is 0 Å². The predicted octanol–water partition coefficient (Wildman–Crippen LogP) is 0.375. The quantitative estimate of drug-likeness (QED) is 0.373. The Kier molecular flexibility index (Phi) is 8.95. The fourth-order valence-corrected chi connectivity index (χ4v) is 3.22. The highest BCUT2D eigenvalue weighted by Gasteiger charge is 2.28. The zero-order chi connectivity index (χ0) is 18.0. The molecule has 2 N–H and O–H groups in total. The molecule has 2 saturated heterocycles. The molecule has 0 atom stereocenters. The van der Waals surface area contributed by atoms with Gasteiger partial charge in [0.2, 0.25) is 0 Å². The lowest BCUT2D eigenvalue weighted by Gasteiger charge is -2.39. The van der Waals surface area contributed by atoms with Gasteiger partial charge in [-0.15, -0.1) is 0 Å². The van der Waals surface area contributed by atoms with Crippen molar-refractivity contribution < 1.29 is 9.47 Å². The van der Waals surface area contributed by atoms with Crippen LogP contribution in [0.5, 0.6) is 0 Å². The largest absolute Gasteiger partial charge is 0.379 e. The molecule has 0 aromatic heterocycles. The summed E-state index contributed by atoms with van der Waals surface area (Å²) in [7, 11) is 0. The number of morpholine rings is 2. The first-order valence-corrected chi connectivity index (χ1v) is 9.77. The number of hydrogen-bond acceptors (Lipinski definition) is 5. The van der Waals surface area contributed by atoms with Crippen molar-refractivity contribution >= 4 is 5.96 Å². The van der Waals surface area contributed by atoms with E-state index in [9.17, 15) is 0 Å². The number of aliphatic imine (C=N–C) groups is 1. The monoisotopic (exact) mass is 355 g/mol. The van der Waals surface area contributed by atoms with Gasteiger partial charge in [-0.3, -0.25) is 14.8 Å². The molecule has 0 aromatic rings. The van der Waals surface area contributed by atoms with Gasteiger partial charge in [-0.2, -0.15) is 0 Å². The van der Waals surface area contributed by atoms with Crippen molar-refractivity contribution in [3.05, 3.63) is 0 Å². The highest BCUT2D eigenvalue weighted by atomic mass is 16.5. The van der Waals surface area contributed by atoms with Crippen molar-refractivity contribution in [2.75, 3.05) is 78.8 Å². The molecule has 7 heteroatoms. The lowest BCUT2D eigenvalue weighted by atomic mass is 10.0. The van der Waals surface area contributed by atoms with Crippen molar-refractivity contribution in [1.82, 2.24) is 20.4 Å². The number of nitrogens with one attached hydrogen (secondary N) is 2. The summed E-state index contributed by atoms with van der Waals surface area (Å²) in [6.07, 6.45) is 1.12. The van der Waals surface area contributed by atoms with Gasteiger partial charge in [0.05, 0.1) is 33.0 Å². The molecule has 25 heavy (non-hydrogen) atoms. The average molecular weight is 356 g/mol. The fraction of sp³-hybridized carbons (Fsp3) is 0.944. The van der Waals surface area contributed by atoms with E-state index in [-0.39, 0.29) is 5.54 Å². The summed E-state index contributed by atoms with van der Waals surface area (Å²) in [5.74, 6) is 0.922. The molecule has 0 aliphatic carbocycles. The van der Waals surface area contributed by atoms with E-state index in [0.29, 0.717) is 0 Å². The molecule has 0 spiro atoms. The summed E-state index contributed by atoms with van der Waals surface area (Å²) < 4.78 is 10.9. The molecule has 0 radical (unpaired) electrons. The number of ether oxygens (including phenoxy) is 2. The third-order valence-electron chi connectivity index (χ3n) is 4.88. The topological polar surface area (TPSA) is 61.4 Å². The van der Waals surface area contributed by atoms with Gasteiger partial charge in [-0.1, -0.05) is 0 Å². The number of rotatable bonds is 8. The molecule has 2 aliphatic rings. The molecule has 0 amide bonds. The third kappa shape index (κ3) is 7.48. The Labute approximate surface area is 153 Å². The van der Waals surface area contributed by atoms with E-state index < -0.39 is 0 Å². The summed E-state index contributed by atoms with van der Waals surface area (Å²) >= 11 is 0. The van der Waals surface area contributed by atoms with Gasteiger partial charge in [0, 0.05) is 44.8 Å². The van der Waals surface area contributed by atoms with Gasteiger partial charge < -0.3 is 20.1 Å². The van der Waals surface area contributed by atoms with Gasteiger partial charge in [-0.25, -0.2) is 0 Å². The van der Waals surface area contributed by atoms with Crippen LogP contribution in [0.2, 0.25) is 0 Å². The zero-order valence-corrected chi connectivity index (χ0v) is 16.4. The Hall–Kier alpha value is -0.890. The minimum Gasteiger partial charge on any atom is -0.379 e. The molecule has 0 unspecified atom stereocenters. The van der Waals surface area contributed by atoms with Gasteiger partial charge in [-0.05, 0) is 33.7 Å². The Balaban J connectivity index is 1.72. The maximum Gasteiger partial charge on any atom is 0.191 e. The highest BCUT2D eigenvalue weighted by molar-refractivity contribution is 5.79. The molecule has 2 heterocycles. The van der Waals surface area contributed by atoms with Crippen molar-refractivity contribution in [2.24, 2.45) is 4.99 Å². The van der Waals surface area contributed by atoms with Gasteiger partial charge in [0.25, 0.3) is 0 Å². The maximum atomic E-state index is 5.46. The standard InChI is InChI=1S/C18H37N5O2/c1-4-19-17(20-6-5-7-22-8-12-24-13-9-22)21-16-18(2,3)23-10-14-25-15-11-23/h4-16H2,1-3H3,(H2,19,20,21). The first kappa shape index (κ1) is 20.4. The summed E-state index contributed by atoms with van der Waals surface area (Å²) in [5.41, 5.74) is 0.0555. The lowest BCUT2D eigenvalue weighted by Crippen LogP contribution is -2.52. The van der Waals surface area contributed by atoms with Crippen molar-refractivity contribution in [3.8, 4) is 0 Å². The highest BCUT2D eigenvalue weighted by Crippen LogP contribution is 2.16. The molecule has 7 nitrogen and oxygen atoms in total. The molecule has 0 bridgehead atoms. The SMILES string of the molecule is CCNC(=NCC(C)(C)N1CCOCC1)NCCCN1CCOCC1. The predicted molar refractivity (Wildman–Crippen MR) is 102 cm³/mol. The van der Waals surface area contributed by atoms with Crippen LogP contribution >= 0.6 is 0 Å². The summed E-state index contributed by atoms with van der Waals surface area (Å²) in [5, 5.41) is 6.83. The smallest absolute Gasteiger partial charge is 0.191 e. The summed E-state index contributed by atoms with van der Waals surface area (Å²) in [6.45, 7) is 17.9. The second kappa shape index (κ2) is 11.0. The molecule has 2 rings (SSSR count). The van der Waals surface area contributed by atoms with Crippen molar-refractivity contribution in [1.29, 1.82) is 0 Å². The summed E-state index contributed by atoms with van der Waals surface area (Å²) in [6, 6.07) is 0. The minimum atomic E-state index is 0.0555. The van der Waals surface area contributed by atoms with Gasteiger partial charge >= 0.3 is 0 Å². The Bertz CT molecular complexity index is 391. The fourth-order valence-electron chi connectivity index (χ4n) is 3.22. The van der Waals surface area contributed by atoms with Crippen molar-refractivity contribution in [2.45, 2.75) is 32.7 Å². The van der Waals surface area contributed by atoms with Crippen LogP contribution < -0.4 is 10.6 Å². The average Bonchev–Trinajstić information content (AvgIpc) is 2.65. The minimum absolute atomic E-state index is 0.0555. The number of nitrogens with zero attached hydrogens (tertiary/aromatic N) is 3. The van der Waals surface area contributed by atoms with E-state index in [1.165, 1.54) is 0 Å². The van der Waals surface area contributed by atoms with E-state index in [0.717, 1.165) is 91.2 Å². The van der Waals surface area contributed by atoms with E-state index in [2.05, 4.69) is 41.2 Å². The van der Waals surface area contributed by atoms with Crippen LogP contribution in [-0.2, 0) is 9.47 Å². The number of hydrogen-bond donors (Lipinski definition) is 2. The lowest BCUT2D eigenvalue weighted by molar-refractivity contribution is -0.00683. The zero-order valence-electron chi connectivity index (χ0n) is 16.4. The van der Waals surface area contributed by atoms with Crippen molar-refractivity contribution in [3.63, 3.8) is 0 Å². The van der Waals surface area contributed by atoms with Crippen LogP contribution in [0.3, 0.4) is 0 Å². The third-order valence-corrected chi connectivity index (χ3v) is 4.88. The van der Waals surface area contributed by atoms with Crippen LogP contribution in [0.15, 0.2) is 4.99 Å². The normalized spacial score (nSPS) is 21.3. The first-order chi connectivity index (χ1) is 12.1. The number of guanidine groups is 1. The van der Waals surface area contributed by atoms with Gasteiger partial charge in [0.15, 0.2) is 5.96 Å². The maximum absolute atomic E-state index is 5.46. The van der Waals surface area contributed by atoms with Crippen LogP contribution in [0.25, 0.3) is 0 Å². The van der Waals surface area contributed by atoms with Crippen LogP contribution in [0.4, 0.5) is 0 Å². The first-order valence-electron chi connectivity index (χ1n) is 9.77. The molecule has 146 valence electrons.